The third-order valence-electron chi connectivity index (χ3n) is 3.65. The van der Waals surface area contributed by atoms with Gasteiger partial charge in [-0.1, -0.05) is 37.1 Å². The van der Waals surface area contributed by atoms with Gasteiger partial charge in [-0.3, -0.25) is 9.59 Å². The molecule has 2 N–H and O–H groups in total. The Morgan fingerprint density at radius 1 is 1.00 bits per heavy atom. The molecule has 0 unspecified atom stereocenters. The number of rotatable bonds is 7. The number of nitrogens with two attached hydrogens (primary N) is 1. The van der Waals surface area contributed by atoms with Crippen molar-refractivity contribution in [2.45, 2.75) is 51.6 Å². The highest BCUT2D eigenvalue weighted by Crippen LogP contribution is 2.19. The summed E-state index contributed by atoms with van der Waals surface area (Å²) in [7, 11) is 0. The van der Waals surface area contributed by atoms with E-state index in [1.165, 1.54) is 11.1 Å². The molecule has 0 aliphatic carbocycles. The molecule has 20 heavy (non-hydrogen) atoms. The van der Waals surface area contributed by atoms with Gasteiger partial charge in [0.2, 0.25) is 11.8 Å². The van der Waals surface area contributed by atoms with Crippen molar-refractivity contribution in [2.24, 2.45) is 5.73 Å². The van der Waals surface area contributed by atoms with Crippen LogP contribution in [0.2, 0.25) is 0 Å². The van der Waals surface area contributed by atoms with Gasteiger partial charge in [0.15, 0.2) is 0 Å². The van der Waals surface area contributed by atoms with E-state index in [-0.39, 0.29) is 11.8 Å². The molecule has 1 aliphatic heterocycles. The van der Waals surface area contributed by atoms with Crippen LogP contribution in [0.5, 0.6) is 0 Å². The average molecular weight is 274 g/mol. The third-order valence-corrected chi connectivity index (χ3v) is 3.65. The Bertz CT molecular complexity index is 464. The molecule has 1 aliphatic rings. The number of fused-ring (bicyclic) bond motifs is 2. The summed E-state index contributed by atoms with van der Waals surface area (Å²) in [5.41, 5.74) is 7.51. The van der Waals surface area contributed by atoms with Crippen LogP contribution in [0.4, 0.5) is 0 Å². The molecule has 1 aromatic carbocycles. The highest BCUT2D eigenvalue weighted by molar-refractivity contribution is 5.76. The van der Waals surface area contributed by atoms with Crippen molar-refractivity contribution in [3.05, 3.63) is 35.4 Å². The topological polar surface area (TPSA) is 63.4 Å². The summed E-state index contributed by atoms with van der Waals surface area (Å²) in [6, 6.07) is 8.33. The van der Waals surface area contributed by atoms with Crippen molar-refractivity contribution in [1.82, 2.24) is 4.90 Å². The first kappa shape index (κ1) is 14.6. The molecule has 1 heterocycles. The molecule has 0 atom stereocenters. The summed E-state index contributed by atoms with van der Waals surface area (Å²) in [5.74, 6) is -0.0118. The molecule has 4 nitrogen and oxygen atoms in total. The lowest BCUT2D eigenvalue weighted by Gasteiger charge is -2.27. The van der Waals surface area contributed by atoms with Gasteiger partial charge < -0.3 is 10.6 Å². The van der Waals surface area contributed by atoms with E-state index in [1.54, 1.807) is 0 Å². The molecule has 108 valence electrons. The highest BCUT2D eigenvalue weighted by Gasteiger charge is 2.18. The van der Waals surface area contributed by atoms with Crippen LogP contribution in [0.3, 0.4) is 0 Å². The number of benzene rings is 1. The van der Waals surface area contributed by atoms with Gasteiger partial charge in [-0.2, -0.15) is 0 Å². The predicted molar refractivity (Wildman–Crippen MR) is 77.6 cm³/mol. The molecule has 1 aromatic rings. The van der Waals surface area contributed by atoms with Gasteiger partial charge in [0.05, 0.1) is 0 Å². The number of unbranched alkanes of at least 4 members (excludes halogenated alkanes) is 3. The van der Waals surface area contributed by atoms with E-state index in [0.29, 0.717) is 12.8 Å². The third kappa shape index (κ3) is 4.37. The minimum atomic E-state index is -0.240. The van der Waals surface area contributed by atoms with E-state index in [1.807, 2.05) is 11.0 Å². The van der Waals surface area contributed by atoms with Crippen LogP contribution in [-0.4, -0.2) is 16.7 Å². The number of carbonyl (C=O) groups is 2. The van der Waals surface area contributed by atoms with Crippen LogP contribution in [0.25, 0.3) is 0 Å². The summed E-state index contributed by atoms with van der Waals surface area (Å²) < 4.78 is 0. The first-order valence-corrected chi connectivity index (χ1v) is 7.29. The van der Waals surface area contributed by atoms with Crippen molar-refractivity contribution in [3.8, 4) is 0 Å². The van der Waals surface area contributed by atoms with E-state index >= 15 is 0 Å². The van der Waals surface area contributed by atoms with Gasteiger partial charge in [-0.15, -0.1) is 0 Å². The predicted octanol–water partition coefficient (Wildman–Crippen LogP) is 2.35. The highest BCUT2D eigenvalue weighted by atomic mass is 16.2. The summed E-state index contributed by atoms with van der Waals surface area (Å²) in [6.07, 6.45) is 4.73. The summed E-state index contributed by atoms with van der Waals surface area (Å²) in [5, 5.41) is 0. The lowest BCUT2D eigenvalue weighted by atomic mass is 10.0. The maximum absolute atomic E-state index is 12.1. The Labute approximate surface area is 119 Å². The van der Waals surface area contributed by atoms with Crippen LogP contribution in [0.15, 0.2) is 24.3 Å². The number of hydrogen-bond donors (Lipinski definition) is 1. The van der Waals surface area contributed by atoms with Crippen LogP contribution in [-0.2, 0) is 22.7 Å². The van der Waals surface area contributed by atoms with Gasteiger partial charge >= 0.3 is 0 Å². The zero-order valence-corrected chi connectivity index (χ0v) is 11.8. The van der Waals surface area contributed by atoms with Crippen molar-refractivity contribution in [2.75, 3.05) is 0 Å². The van der Waals surface area contributed by atoms with Gasteiger partial charge in [-0.05, 0) is 24.0 Å². The van der Waals surface area contributed by atoms with Crippen molar-refractivity contribution in [3.63, 3.8) is 0 Å². The quantitative estimate of drug-likeness (QED) is 0.776. The van der Waals surface area contributed by atoms with E-state index in [2.05, 4.69) is 18.2 Å². The van der Waals surface area contributed by atoms with Gasteiger partial charge in [-0.25, -0.2) is 0 Å². The Morgan fingerprint density at radius 2 is 1.60 bits per heavy atom. The summed E-state index contributed by atoms with van der Waals surface area (Å²) >= 11 is 0. The molecule has 0 fully saturated rings. The fourth-order valence-electron chi connectivity index (χ4n) is 2.59. The van der Waals surface area contributed by atoms with Crippen LogP contribution in [0, 0.1) is 0 Å². The second kappa shape index (κ2) is 7.08. The molecule has 0 saturated heterocycles. The Balaban J connectivity index is 1.65. The monoisotopic (exact) mass is 274 g/mol. The second-order valence-corrected chi connectivity index (χ2v) is 5.45. The fraction of sp³-hybridized carbons (Fsp3) is 0.500. The molecule has 2 bridgehead atoms. The van der Waals surface area contributed by atoms with Gasteiger partial charge in [0, 0.05) is 25.9 Å². The second-order valence-electron chi connectivity index (χ2n) is 5.45. The van der Waals surface area contributed by atoms with E-state index in [0.717, 1.165) is 38.8 Å². The number of carbonyl (C=O) groups excluding carboxylic acids is 2. The summed E-state index contributed by atoms with van der Waals surface area (Å²) in [4.78, 5) is 24.7. The maximum Gasteiger partial charge on any atom is 0.223 e. The molecule has 4 heteroatoms. The molecule has 0 radical (unpaired) electrons. The summed E-state index contributed by atoms with van der Waals surface area (Å²) in [6.45, 7) is 1.46. The standard InChI is InChI=1S/C16H22N2O2/c17-15(19)8-3-1-2-4-9-16(20)18-11-13-6-5-7-14(10-13)12-18/h5-7,10H,1-4,8-9,11-12H2,(H2,17,19). The molecule has 0 aromatic heterocycles. The Hall–Kier alpha value is -1.84. The zero-order chi connectivity index (χ0) is 14.4. The number of hydrogen-bond acceptors (Lipinski definition) is 2. The number of amides is 2. The normalized spacial score (nSPS) is 13.3. The van der Waals surface area contributed by atoms with Crippen LogP contribution in [0.1, 0.15) is 49.7 Å². The molecule has 0 spiro atoms. The van der Waals surface area contributed by atoms with Gasteiger partial charge in [0.1, 0.15) is 0 Å². The van der Waals surface area contributed by atoms with E-state index < -0.39 is 0 Å². The maximum atomic E-state index is 12.1. The molecule has 0 saturated carbocycles. The van der Waals surface area contributed by atoms with Crippen molar-refractivity contribution < 1.29 is 9.59 Å². The molecule has 2 amide bonds. The zero-order valence-electron chi connectivity index (χ0n) is 11.8. The van der Waals surface area contributed by atoms with Crippen LogP contribution >= 0.6 is 0 Å². The first-order valence-electron chi connectivity index (χ1n) is 7.29. The molecular weight excluding hydrogens is 252 g/mol. The fourth-order valence-corrected chi connectivity index (χ4v) is 2.59. The minimum absolute atomic E-state index is 0.228. The number of primary amides is 1. The minimum Gasteiger partial charge on any atom is -0.370 e. The molecule has 2 rings (SSSR count). The number of nitrogens with zero attached hydrogens (tertiary/aromatic N) is 1. The first-order chi connectivity index (χ1) is 9.65. The lowest BCUT2D eigenvalue weighted by Crippen LogP contribution is -2.32. The molecular formula is C16H22N2O2. The lowest BCUT2D eigenvalue weighted by molar-refractivity contribution is -0.132. The van der Waals surface area contributed by atoms with E-state index in [9.17, 15) is 9.59 Å². The van der Waals surface area contributed by atoms with Crippen molar-refractivity contribution >= 4 is 11.8 Å². The van der Waals surface area contributed by atoms with Crippen molar-refractivity contribution in [1.29, 1.82) is 0 Å². The largest absolute Gasteiger partial charge is 0.370 e. The SMILES string of the molecule is NC(=O)CCCCCCC(=O)N1Cc2cccc(c2)C1. The Kier molecular flexibility index (Phi) is 5.16. The van der Waals surface area contributed by atoms with Crippen LogP contribution < -0.4 is 5.73 Å². The van der Waals surface area contributed by atoms with Gasteiger partial charge in [0.25, 0.3) is 0 Å². The Morgan fingerprint density at radius 3 is 2.20 bits per heavy atom. The van der Waals surface area contributed by atoms with E-state index in [4.69, 9.17) is 5.73 Å². The average Bonchev–Trinajstić information content (AvgIpc) is 2.41. The smallest absolute Gasteiger partial charge is 0.223 e.